The first-order chi connectivity index (χ1) is 7.95. The lowest BCUT2D eigenvalue weighted by Gasteiger charge is -2.20. The largest absolute Gasteiger partial charge is 0.497 e. The van der Waals surface area contributed by atoms with E-state index >= 15 is 0 Å². The van der Waals surface area contributed by atoms with Gasteiger partial charge >= 0.3 is 0 Å². The lowest BCUT2D eigenvalue weighted by Crippen LogP contribution is -2.31. The summed E-state index contributed by atoms with van der Waals surface area (Å²) in [5.74, 6) is 0.596. The molecule has 0 saturated heterocycles. The fourth-order valence-corrected chi connectivity index (χ4v) is 1.73. The van der Waals surface area contributed by atoms with Gasteiger partial charge in [0.15, 0.2) is 0 Å². The first-order valence-corrected chi connectivity index (χ1v) is 5.69. The summed E-state index contributed by atoms with van der Waals surface area (Å²) in [6.45, 7) is 1.79. The Kier molecular flexibility index (Phi) is 4.78. The van der Waals surface area contributed by atoms with Crippen molar-refractivity contribution in [3.63, 3.8) is 0 Å². The van der Waals surface area contributed by atoms with Crippen LogP contribution >= 0.6 is 11.6 Å². The number of ether oxygens (including phenoxy) is 1. The molecule has 0 aliphatic carbocycles. The lowest BCUT2D eigenvalue weighted by molar-refractivity contribution is -0.118. The Morgan fingerprint density at radius 1 is 1.59 bits per heavy atom. The summed E-state index contributed by atoms with van der Waals surface area (Å²) < 4.78 is 5.05. The number of nitrogens with two attached hydrogens (primary N) is 1. The van der Waals surface area contributed by atoms with E-state index in [1.165, 1.54) is 4.90 Å². The number of benzene rings is 1. The second-order valence-electron chi connectivity index (χ2n) is 3.95. The van der Waals surface area contributed by atoms with Crippen LogP contribution in [0.1, 0.15) is 13.3 Å². The first kappa shape index (κ1) is 13.8. The van der Waals surface area contributed by atoms with Gasteiger partial charge in [0.05, 0.1) is 17.8 Å². The third-order valence-corrected chi connectivity index (χ3v) is 2.69. The molecular formula is C12H17ClN2O2. The molecule has 0 fully saturated rings. The normalized spacial score (nSPS) is 12.1. The molecule has 0 saturated carbocycles. The Hall–Kier alpha value is -1.26. The molecule has 1 aromatic carbocycles. The molecule has 2 N–H and O–H groups in total. The molecule has 1 aromatic rings. The van der Waals surface area contributed by atoms with Crippen molar-refractivity contribution in [1.29, 1.82) is 0 Å². The fourth-order valence-electron chi connectivity index (χ4n) is 1.43. The zero-order valence-corrected chi connectivity index (χ0v) is 11.0. The van der Waals surface area contributed by atoms with E-state index in [4.69, 9.17) is 22.1 Å². The molecular weight excluding hydrogens is 240 g/mol. The zero-order chi connectivity index (χ0) is 13.0. The highest BCUT2D eigenvalue weighted by Gasteiger charge is 2.15. The molecule has 0 aliphatic rings. The molecule has 0 spiro atoms. The van der Waals surface area contributed by atoms with Crippen LogP contribution in [0.25, 0.3) is 0 Å². The average molecular weight is 257 g/mol. The average Bonchev–Trinajstić information content (AvgIpc) is 2.27. The standard InChI is InChI=1S/C12H17ClN2O2/c1-8(14)6-12(16)15(2)11-5-4-9(17-3)7-10(11)13/h4-5,7-8H,6,14H2,1-3H3. The SMILES string of the molecule is COc1ccc(N(C)C(=O)CC(C)N)c(Cl)c1. The Bertz CT molecular complexity index is 407. The van der Waals surface area contributed by atoms with Crippen molar-refractivity contribution in [1.82, 2.24) is 0 Å². The topological polar surface area (TPSA) is 55.6 Å². The van der Waals surface area contributed by atoms with Crippen LogP contribution in [-0.2, 0) is 4.79 Å². The minimum atomic E-state index is -0.165. The van der Waals surface area contributed by atoms with Crippen LogP contribution in [0, 0.1) is 0 Å². The van der Waals surface area contributed by atoms with Crippen LogP contribution in [-0.4, -0.2) is 26.1 Å². The second-order valence-corrected chi connectivity index (χ2v) is 4.36. The van der Waals surface area contributed by atoms with E-state index in [9.17, 15) is 4.79 Å². The molecule has 0 aromatic heterocycles. The Morgan fingerprint density at radius 2 is 2.24 bits per heavy atom. The monoisotopic (exact) mass is 256 g/mol. The zero-order valence-electron chi connectivity index (χ0n) is 10.2. The number of methoxy groups -OCH3 is 1. The number of rotatable bonds is 4. The Balaban J connectivity index is 2.88. The van der Waals surface area contributed by atoms with Crippen LogP contribution in [0.4, 0.5) is 5.69 Å². The summed E-state index contributed by atoms with van der Waals surface area (Å²) in [6.07, 6.45) is 0.291. The van der Waals surface area contributed by atoms with Gasteiger partial charge in [0.1, 0.15) is 5.75 Å². The highest BCUT2D eigenvalue weighted by molar-refractivity contribution is 6.34. The van der Waals surface area contributed by atoms with Crippen LogP contribution in [0.3, 0.4) is 0 Å². The van der Waals surface area contributed by atoms with Crippen LogP contribution < -0.4 is 15.4 Å². The number of hydrogen-bond acceptors (Lipinski definition) is 3. The predicted octanol–water partition coefficient (Wildman–Crippen LogP) is 2.05. The van der Waals surface area contributed by atoms with E-state index < -0.39 is 0 Å². The maximum Gasteiger partial charge on any atom is 0.228 e. The van der Waals surface area contributed by atoms with Gasteiger partial charge < -0.3 is 15.4 Å². The van der Waals surface area contributed by atoms with Crippen molar-refractivity contribution >= 4 is 23.2 Å². The van der Waals surface area contributed by atoms with Crippen LogP contribution in [0.15, 0.2) is 18.2 Å². The molecule has 17 heavy (non-hydrogen) atoms. The highest BCUT2D eigenvalue weighted by atomic mass is 35.5. The van der Waals surface area contributed by atoms with Gasteiger partial charge in [-0.25, -0.2) is 0 Å². The molecule has 1 amide bonds. The second kappa shape index (κ2) is 5.89. The van der Waals surface area contributed by atoms with Crippen molar-refractivity contribution in [2.75, 3.05) is 19.1 Å². The lowest BCUT2D eigenvalue weighted by atomic mass is 10.2. The fraction of sp³-hybridized carbons (Fsp3) is 0.417. The molecule has 1 unspecified atom stereocenters. The van der Waals surface area contributed by atoms with E-state index in [-0.39, 0.29) is 11.9 Å². The quantitative estimate of drug-likeness (QED) is 0.897. The first-order valence-electron chi connectivity index (χ1n) is 5.31. The van der Waals surface area contributed by atoms with E-state index in [1.807, 2.05) is 0 Å². The predicted molar refractivity (Wildman–Crippen MR) is 69.7 cm³/mol. The highest BCUT2D eigenvalue weighted by Crippen LogP contribution is 2.29. The third-order valence-electron chi connectivity index (χ3n) is 2.39. The van der Waals surface area contributed by atoms with E-state index in [2.05, 4.69) is 0 Å². The number of nitrogens with zero attached hydrogens (tertiary/aromatic N) is 1. The molecule has 0 radical (unpaired) electrons. The maximum atomic E-state index is 11.8. The maximum absolute atomic E-state index is 11.8. The van der Waals surface area contributed by atoms with Crippen LogP contribution in [0.2, 0.25) is 5.02 Å². The Labute approximate surface area is 106 Å². The molecule has 94 valence electrons. The minimum Gasteiger partial charge on any atom is -0.497 e. The molecule has 1 atom stereocenters. The number of anilines is 1. The van der Waals surface area contributed by atoms with Crippen LogP contribution in [0.5, 0.6) is 5.75 Å². The summed E-state index contributed by atoms with van der Waals surface area (Å²) in [6, 6.07) is 5.02. The van der Waals surface area contributed by atoms with Gasteiger partial charge in [0, 0.05) is 25.6 Å². The number of halogens is 1. The molecule has 0 bridgehead atoms. The summed E-state index contributed by atoms with van der Waals surface area (Å²) in [5.41, 5.74) is 6.24. The van der Waals surface area contributed by atoms with Crippen molar-refractivity contribution in [2.24, 2.45) is 5.73 Å². The van der Waals surface area contributed by atoms with Crippen molar-refractivity contribution in [3.05, 3.63) is 23.2 Å². The molecule has 4 nitrogen and oxygen atoms in total. The van der Waals surface area contributed by atoms with Gasteiger partial charge in [0.25, 0.3) is 0 Å². The van der Waals surface area contributed by atoms with Crippen molar-refractivity contribution < 1.29 is 9.53 Å². The van der Waals surface area contributed by atoms with Crippen molar-refractivity contribution in [2.45, 2.75) is 19.4 Å². The number of amides is 1. The molecule has 0 aliphatic heterocycles. The smallest absolute Gasteiger partial charge is 0.228 e. The van der Waals surface area contributed by atoms with Gasteiger partial charge in [0.2, 0.25) is 5.91 Å². The Morgan fingerprint density at radius 3 is 2.71 bits per heavy atom. The van der Waals surface area contributed by atoms with Gasteiger partial charge in [-0.2, -0.15) is 0 Å². The third kappa shape index (κ3) is 3.61. The summed E-state index contributed by atoms with van der Waals surface area (Å²) in [5, 5.41) is 0.477. The van der Waals surface area contributed by atoms with Gasteiger partial charge in [-0.3, -0.25) is 4.79 Å². The van der Waals surface area contributed by atoms with Gasteiger partial charge in [-0.15, -0.1) is 0 Å². The van der Waals surface area contributed by atoms with E-state index in [0.717, 1.165) is 0 Å². The summed E-state index contributed by atoms with van der Waals surface area (Å²) in [4.78, 5) is 13.3. The molecule has 1 rings (SSSR count). The summed E-state index contributed by atoms with van der Waals surface area (Å²) >= 11 is 6.08. The molecule has 5 heteroatoms. The number of hydrogen-bond donors (Lipinski definition) is 1. The minimum absolute atomic E-state index is 0.0629. The van der Waals surface area contributed by atoms with Gasteiger partial charge in [-0.1, -0.05) is 11.6 Å². The number of carbonyl (C=O) groups is 1. The van der Waals surface area contributed by atoms with Crippen molar-refractivity contribution in [3.8, 4) is 5.75 Å². The number of carbonyl (C=O) groups excluding carboxylic acids is 1. The molecule has 0 heterocycles. The van der Waals surface area contributed by atoms with E-state index in [0.29, 0.717) is 22.9 Å². The van der Waals surface area contributed by atoms with E-state index in [1.54, 1.807) is 39.3 Å². The summed E-state index contributed by atoms with van der Waals surface area (Å²) in [7, 11) is 3.24. The van der Waals surface area contributed by atoms with Gasteiger partial charge in [-0.05, 0) is 19.1 Å².